The molecule has 1 aliphatic heterocycles. The molecule has 10 rings (SSSR count). The number of aromatic nitrogens is 2. The summed E-state index contributed by atoms with van der Waals surface area (Å²) < 4.78 is 15.8. The average Bonchev–Trinajstić information content (AvgIpc) is 3.73. The minimum absolute atomic E-state index is 0.105. The molecule has 39 heavy (non-hydrogen) atoms. The molecule has 4 heteroatoms. The van der Waals surface area contributed by atoms with Gasteiger partial charge in [0.1, 0.15) is 17.4 Å². The second kappa shape index (κ2) is 6.86. The summed E-state index contributed by atoms with van der Waals surface area (Å²) in [6, 6.07) is 31.9. The van der Waals surface area contributed by atoms with Crippen LogP contribution in [-0.2, 0) is 0 Å². The van der Waals surface area contributed by atoms with Crippen molar-refractivity contribution in [3.63, 3.8) is 0 Å². The van der Waals surface area contributed by atoms with E-state index >= 15 is 0 Å². The number of furan rings is 1. The molecule has 0 fully saturated rings. The van der Waals surface area contributed by atoms with Crippen LogP contribution in [0.25, 0.3) is 66.5 Å². The van der Waals surface area contributed by atoms with Crippen LogP contribution in [0, 0.1) is 0 Å². The summed E-state index contributed by atoms with van der Waals surface area (Å²) in [5, 5.41) is 5.89. The van der Waals surface area contributed by atoms with Crippen LogP contribution in [0.5, 0.6) is 5.75 Å². The standard InChI is InChI=1S/C35H20N2O2/c1-3-10-29-20(7-1)24-14-12-22-26-17-19(28-9-5-6-16-36-28)18-27-23-13-15-25-21-8-2-4-11-30(21)39-35(25)33(23)37(31(26)27)32(22)34(24)38-29/h1-18,24,34H. The lowest BCUT2D eigenvalue weighted by Gasteiger charge is -2.21. The van der Waals surface area contributed by atoms with Crippen LogP contribution in [0.1, 0.15) is 28.8 Å². The fourth-order valence-electron chi connectivity index (χ4n) is 7.11. The summed E-state index contributed by atoms with van der Waals surface area (Å²) in [4.78, 5) is 4.69. The number of pyridine rings is 1. The number of nitrogens with zero attached hydrogens (tertiary/aromatic N) is 2. The zero-order valence-electron chi connectivity index (χ0n) is 20.8. The van der Waals surface area contributed by atoms with Gasteiger partial charge in [0, 0.05) is 55.7 Å². The molecule has 2 unspecified atom stereocenters. The maximum absolute atomic E-state index is 6.72. The van der Waals surface area contributed by atoms with E-state index in [9.17, 15) is 0 Å². The van der Waals surface area contributed by atoms with Gasteiger partial charge in [-0.05, 0) is 42.5 Å². The quantitative estimate of drug-likeness (QED) is 0.226. The normalized spacial score (nSPS) is 17.8. The van der Waals surface area contributed by atoms with Crippen molar-refractivity contribution in [1.82, 2.24) is 9.38 Å². The molecule has 2 atom stereocenters. The van der Waals surface area contributed by atoms with E-state index in [-0.39, 0.29) is 12.0 Å². The Labute approximate surface area is 222 Å². The molecule has 8 aromatic rings. The monoisotopic (exact) mass is 500 g/mol. The highest BCUT2D eigenvalue weighted by molar-refractivity contribution is 6.25. The van der Waals surface area contributed by atoms with Crippen molar-refractivity contribution in [2.75, 3.05) is 0 Å². The van der Waals surface area contributed by atoms with E-state index in [1.165, 1.54) is 38.5 Å². The fraction of sp³-hybridized carbons (Fsp3) is 0.0571. The number of fused-ring (bicyclic) bond motifs is 14. The summed E-state index contributed by atoms with van der Waals surface area (Å²) in [6.07, 6.45) is 6.38. The molecule has 0 radical (unpaired) electrons. The molecule has 2 aliphatic rings. The molecule has 1 aliphatic carbocycles. The second-order valence-electron chi connectivity index (χ2n) is 10.7. The number of benzene rings is 4. The Kier molecular flexibility index (Phi) is 3.51. The molecular formula is C35H20N2O2. The number of rotatable bonds is 1. The first kappa shape index (κ1) is 19.9. The molecule has 0 bridgehead atoms. The highest BCUT2D eigenvalue weighted by atomic mass is 16.5. The first-order valence-electron chi connectivity index (χ1n) is 13.4. The largest absolute Gasteiger partial charge is 0.483 e. The van der Waals surface area contributed by atoms with Crippen molar-refractivity contribution >= 4 is 55.2 Å². The Morgan fingerprint density at radius 1 is 0.718 bits per heavy atom. The van der Waals surface area contributed by atoms with Gasteiger partial charge in [-0.1, -0.05) is 60.7 Å². The summed E-state index contributed by atoms with van der Waals surface area (Å²) in [5.74, 6) is 1.14. The molecule has 0 saturated carbocycles. The van der Waals surface area contributed by atoms with Crippen LogP contribution in [0.15, 0.2) is 108 Å². The molecule has 4 nitrogen and oxygen atoms in total. The Hall–Kier alpha value is -5.09. The van der Waals surface area contributed by atoms with E-state index in [2.05, 4.69) is 89.3 Å². The Morgan fingerprint density at radius 3 is 2.51 bits per heavy atom. The third kappa shape index (κ3) is 2.38. The minimum atomic E-state index is -0.105. The first-order valence-corrected chi connectivity index (χ1v) is 13.4. The van der Waals surface area contributed by atoms with Gasteiger partial charge in [0.2, 0.25) is 0 Å². The fourth-order valence-corrected chi connectivity index (χ4v) is 7.11. The molecule has 4 aromatic carbocycles. The lowest BCUT2D eigenvalue weighted by molar-refractivity contribution is 0.217. The summed E-state index contributed by atoms with van der Waals surface area (Å²) in [6.45, 7) is 0. The number of hydrogen-bond donors (Lipinski definition) is 0. The van der Waals surface area contributed by atoms with E-state index in [4.69, 9.17) is 14.1 Å². The van der Waals surface area contributed by atoms with Crippen LogP contribution in [0.2, 0.25) is 0 Å². The predicted octanol–water partition coefficient (Wildman–Crippen LogP) is 8.89. The SMILES string of the molecule is C1=CC2c3ccccc3OC2c2c1c1cc(-c3ccccn3)cc3c4ccc5c6ccccc6oc5c4n2c13. The number of ether oxygens (including phenoxy) is 1. The number of hydrogen-bond acceptors (Lipinski definition) is 3. The van der Waals surface area contributed by atoms with E-state index in [0.717, 1.165) is 44.5 Å². The Morgan fingerprint density at radius 2 is 1.56 bits per heavy atom. The van der Waals surface area contributed by atoms with E-state index in [0.29, 0.717) is 0 Å². The van der Waals surface area contributed by atoms with Gasteiger partial charge in [0.25, 0.3) is 0 Å². The third-order valence-corrected chi connectivity index (χ3v) is 8.73. The average molecular weight is 501 g/mol. The molecule has 0 N–H and O–H groups in total. The Bertz CT molecular complexity index is 2320. The van der Waals surface area contributed by atoms with Crippen LogP contribution in [-0.4, -0.2) is 9.38 Å². The molecule has 5 heterocycles. The van der Waals surface area contributed by atoms with Crippen molar-refractivity contribution in [3.8, 4) is 17.0 Å². The van der Waals surface area contributed by atoms with Gasteiger partial charge >= 0.3 is 0 Å². The maximum Gasteiger partial charge on any atom is 0.160 e. The summed E-state index contributed by atoms with van der Waals surface area (Å²) in [7, 11) is 0. The zero-order chi connectivity index (χ0) is 25.2. The molecule has 182 valence electrons. The lowest BCUT2D eigenvalue weighted by Crippen LogP contribution is -2.14. The van der Waals surface area contributed by atoms with Crippen LogP contribution < -0.4 is 4.74 Å². The van der Waals surface area contributed by atoms with Crippen LogP contribution in [0.3, 0.4) is 0 Å². The molecule has 0 saturated heterocycles. The summed E-state index contributed by atoms with van der Waals surface area (Å²) in [5.41, 5.74) is 9.90. The topological polar surface area (TPSA) is 39.7 Å². The highest BCUT2D eigenvalue weighted by Crippen LogP contribution is 2.54. The highest BCUT2D eigenvalue weighted by Gasteiger charge is 2.41. The minimum Gasteiger partial charge on any atom is -0.483 e. The maximum atomic E-state index is 6.72. The van der Waals surface area contributed by atoms with Gasteiger partial charge in [-0.15, -0.1) is 0 Å². The molecular weight excluding hydrogens is 480 g/mol. The van der Waals surface area contributed by atoms with Gasteiger partial charge in [-0.25, -0.2) is 0 Å². The Balaban J connectivity index is 1.41. The van der Waals surface area contributed by atoms with E-state index < -0.39 is 0 Å². The smallest absolute Gasteiger partial charge is 0.160 e. The van der Waals surface area contributed by atoms with Crippen LogP contribution in [0.4, 0.5) is 0 Å². The predicted molar refractivity (Wildman–Crippen MR) is 156 cm³/mol. The second-order valence-corrected chi connectivity index (χ2v) is 10.7. The molecule has 0 amide bonds. The van der Waals surface area contributed by atoms with Gasteiger partial charge in [0.05, 0.1) is 22.4 Å². The van der Waals surface area contributed by atoms with Crippen molar-refractivity contribution in [2.24, 2.45) is 0 Å². The first-order chi connectivity index (χ1) is 19.3. The summed E-state index contributed by atoms with van der Waals surface area (Å²) >= 11 is 0. The van der Waals surface area contributed by atoms with Gasteiger partial charge in [-0.3, -0.25) is 4.98 Å². The van der Waals surface area contributed by atoms with Gasteiger partial charge in [0.15, 0.2) is 5.58 Å². The van der Waals surface area contributed by atoms with Crippen molar-refractivity contribution in [2.45, 2.75) is 12.0 Å². The lowest BCUT2D eigenvalue weighted by atomic mass is 9.86. The van der Waals surface area contributed by atoms with Crippen molar-refractivity contribution < 1.29 is 9.15 Å². The van der Waals surface area contributed by atoms with E-state index in [1.54, 1.807) is 0 Å². The van der Waals surface area contributed by atoms with Crippen LogP contribution >= 0.6 is 0 Å². The van der Waals surface area contributed by atoms with Crippen molar-refractivity contribution in [1.29, 1.82) is 0 Å². The molecule has 0 spiro atoms. The van der Waals surface area contributed by atoms with Crippen molar-refractivity contribution in [3.05, 3.63) is 120 Å². The van der Waals surface area contributed by atoms with Gasteiger partial charge < -0.3 is 13.6 Å². The number of para-hydroxylation sites is 2. The van der Waals surface area contributed by atoms with E-state index in [1.807, 2.05) is 24.4 Å². The third-order valence-electron chi connectivity index (χ3n) is 8.73. The zero-order valence-corrected chi connectivity index (χ0v) is 20.8. The molecule has 4 aromatic heterocycles. The van der Waals surface area contributed by atoms with Gasteiger partial charge in [-0.2, -0.15) is 0 Å².